The van der Waals surface area contributed by atoms with Gasteiger partial charge in [0.05, 0.1) is 10.7 Å². The summed E-state index contributed by atoms with van der Waals surface area (Å²) in [5, 5.41) is 13.9. The van der Waals surface area contributed by atoms with E-state index in [1.807, 2.05) is 75.4 Å². The molecule has 0 aromatic heterocycles. The van der Waals surface area contributed by atoms with E-state index in [9.17, 15) is 19.7 Å². The largest absolute Gasteiger partial charge is 0.352 e. The molecule has 0 heterocycles. The fourth-order valence-electron chi connectivity index (χ4n) is 3.96. The Labute approximate surface area is 222 Å². The number of non-ortho nitro benzene ring substituents is 1. The van der Waals surface area contributed by atoms with Crippen molar-refractivity contribution in [2.24, 2.45) is 0 Å². The lowest BCUT2D eigenvalue weighted by Gasteiger charge is -2.32. The second kappa shape index (κ2) is 13.6. The second-order valence-electron chi connectivity index (χ2n) is 9.23. The smallest absolute Gasteiger partial charge is 0.269 e. The molecule has 3 aromatic rings. The zero-order valence-corrected chi connectivity index (χ0v) is 22.2. The summed E-state index contributed by atoms with van der Waals surface area (Å²) >= 11 is 1.43. The van der Waals surface area contributed by atoms with E-state index in [-0.39, 0.29) is 29.3 Å². The van der Waals surface area contributed by atoms with Crippen molar-refractivity contribution in [2.45, 2.75) is 51.6 Å². The van der Waals surface area contributed by atoms with Crippen LogP contribution in [0.5, 0.6) is 0 Å². The Morgan fingerprint density at radius 1 is 0.946 bits per heavy atom. The van der Waals surface area contributed by atoms with E-state index in [1.165, 1.54) is 23.9 Å². The minimum Gasteiger partial charge on any atom is -0.352 e. The van der Waals surface area contributed by atoms with Crippen LogP contribution < -0.4 is 5.32 Å². The standard InChI is InChI=1S/C29H33N3O4S/c1-21(2)30-29(34)27(17-23-10-5-4-6-11-23)31(18-25-12-8-7-9-22(25)3)28(33)20-37-19-24-13-15-26(16-14-24)32(35)36/h4-16,21,27H,17-20H2,1-3H3,(H,30,34)/t27-/m1/s1. The maximum Gasteiger partial charge on any atom is 0.269 e. The van der Waals surface area contributed by atoms with Crippen LogP contribution in [-0.4, -0.2) is 39.5 Å². The summed E-state index contributed by atoms with van der Waals surface area (Å²) < 4.78 is 0. The number of nitrogens with zero attached hydrogens (tertiary/aromatic N) is 2. The minimum atomic E-state index is -0.670. The summed E-state index contributed by atoms with van der Waals surface area (Å²) in [4.78, 5) is 39.2. The molecule has 0 saturated carbocycles. The topological polar surface area (TPSA) is 92.6 Å². The van der Waals surface area contributed by atoms with Gasteiger partial charge in [-0.25, -0.2) is 0 Å². The van der Waals surface area contributed by atoms with Crippen molar-refractivity contribution in [1.29, 1.82) is 0 Å². The molecule has 0 aliphatic heterocycles. The lowest BCUT2D eigenvalue weighted by atomic mass is 10.0. The lowest BCUT2D eigenvalue weighted by molar-refractivity contribution is -0.384. The van der Waals surface area contributed by atoms with Gasteiger partial charge in [0.2, 0.25) is 11.8 Å². The van der Waals surface area contributed by atoms with Gasteiger partial charge in [-0.15, -0.1) is 11.8 Å². The summed E-state index contributed by atoms with van der Waals surface area (Å²) in [6.45, 7) is 6.14. The molecule has 0 saturated heterocycles. The van der Waals surface area contributed by atoms with Crippen molar-refractivity contribution in [3.8, 4) is 0 Å². The van der Waals surface area contributed by atoms with Gasteiger partial charge < -0.3 is 10.2 Å². The maximum absolute atomic E-state index is 13.7. The summed E-state index contributed by atoms with van der Waals surface area (Å²) in [5.74, 6) is 0.406. The lowest BCUT2D eigenvalue weighted by Crippen LogP contribution is -2.52. The molecule has 2 amide bonds. The van der Waals surface area contributed by atoms with Crippen molar-refractivity contribution in [2.75, 3.05) is 5.75 Å². The molecule has 7 nitrogen and oxygen atoms in total. The Hall–Kier alpha value is -3.65. The summed E-state index contributed by atoms with van der Waals surface area (Å²) in [6.07, 6.45) is 0.407. The van der Waals surface area contributed by atoms with Crippen molar-refractivity contribution in [3.63, 3.8) is 0 Å². The highest BCUT2D eigenvalue weighted by atomic mass is 32.2. The Kier molecular flexibility index (Phi) is 10.3. The molecule has 0 fully saturated rings. The molecule has 0 spiro atoms. The van der Waals surface area contributed by atoms with Gasteiger partial charge >= 0.3 is 0 Å². The van der Waals surface area contributed by atoms with E-state index in [2.05, 4.69) is 5.32 Å². The van der Waals surface area contributed by atoms with Gasteiger partial charge in [-0.3, -0.25) is 19.7 Å². The van der Waals surface area contributed by atoms with E-state index < -0.39 is 11.0 Å². The summed E-state index contributed by atoms with van der Waals surface area (Å²) in [5.41, 5.74) is 3.96. The number of amides is 2. The molecular formula is C29H33N3O4S. The molecule has 3 aromatic carbocycles. The first-order valence-corrected chi connectivity index (χ1v) is 13.4. The van der Waals surface area contributed by atoms with Crippen LogP contribution in [0.2, 0.25) is 0 Å². The molecule has 37 heavy (non-hydrogen) atoms. The third kappa shape index (κ3) is 8.46. The number of nitro groups is 1. The average molecular weight is 520 g/mol. The van der Waals surface area contributed by atoms with E-state index in [0.717, 1.165) is 22.3 Å². The number of hydrogen-bond donors (Lipinski definition) is 1. The Morgan fingerprint density at radius 2 is 1.59 bits per heavy atom. The van der Waals surface area contributed by atoms with Crippen molar-refractivity contribution < 1.29 is 14.5 Å². The average Bonchev–Trinajstić information content (AvgIpc) is 2.87. The molecule has 0 aliphatic rings. The highest BCUT2D eigenvalue weighted by molar-refractivity contribution is 7.99. The summed E-state index contributed by atoms with van der Waals surface area (Å²) in [7, 11) is 0. The molecule has 1 N–H and O–H groups in total. The zero-order chi connectivity index (χ0) is 26.8. The maximum atomic E-state index is 13.7. The number of carbonyl (C=O) groups excluding carboxylic acids is 2. The van der Waals surface area contributed by atoms with Crippen LogP contribution in [-0.2, 0) is 28.3 Å². The first kappa shape index (κ1) is 27.9. The zero-order valence-electron chi connectivity index (χ0n) is 21.4. The van der Waals surface area contributed by atoms with Crippen molar-refractivity contribution in [1.82, 2.24) is 10.2 Å². The third-order valence-corrected chi connectivity index (χ3v) is 6.93. The number of rotatable bonds is 12. The predicted octanol–water partition coefficient (Wildman–Crippen LogP) is 5.30. The first-order valence-electron chi connectivity index (χ1n) is 12.2. The first-order chi connectivity index (χ1) is 17.7. The van der Waals surface area contributed by atoms with Crippen LogP contribution in [0.4, 0.5) is 5.69 Å². The van der Waals surface area contributed by atoms with Crippen molar-refractivity contribution >= 4 is 29.3 Å². The van der Waals surface area contributed by atoms with E-state index in [4.69, 9.17) is 0 Å². The normalized spacial score (nSPS) is 11.7. The number of thioether (sulfide) groups is 1. The van der Waals surface area contributed by atoms with Crippen LogP contribution in [0.1, 0.15) is 36.1 Å². The fraction of sp³-hybridized carbons (Fsp3) is 0.310. The fourth-order valence-corrected chi connectivity index (χ4v) is 4.83. The van der Waals surface area contributed by atoms with E-state index >= 15 is 0 Å². The predicted molar refractivity (Wildman–Crippen MR) is 148 cm³/mol. The van der Waals surface area contributed by atoms with E-state index in [0.29, 0.717) is 18.7 Å². The Morgan fingerprint density at radius 3 is 2.22 bits per heavy atom. The highest BCUT2D eigenvalue weighted by Gasteiger charge is 2.30. The monoisotopic (exact) mass is 519 g/mol. The molecule has 0 bridgehead atoms. The van der Waals surface area contributed by atoms with Crippen LogP contribution in [0.3, 0.4) is 0 Å². The molecule has 0 unspecified atom stereocenters. The van der Waals surface area contributed by atoms with Gasteiger partial charge in [0.15, 0.2) is 0 Å². The molecule has 8 heteroatoms. The Balaban J connectivity index is 1.83. The number of aryl methyl sites for hydroxylation is 1. The van der Waals surface area contributed by atoms with Crippen LogP contribution in [0.15, 0.2) is 78.9 Å². The number of carbonyl (C=O) groups is 2. The molecule has 0 radical (unpaired) electrons. The number of nitro benzene ring substituents is 1. The Bertz CT molecular complexity index is 1200. The van der Waals surface area contributed by atoms with Crippen LogP contribution in [0, 0.1) is 17.0 Å². The molecule has 3 rings (SSSR count). The summed E-state index contributed by atoms with van der Waals surface area (Å²) in [6, 6.07) is 23.2. The van der Waals surface area contributed by atoms with Gasteiger partial charge in [0.25, 0.3) is 5.69 Å². The number of nitrogens with one attached hydrogen (secondary N) is 1. The van der Waals surface area contributed by atoms with Gasteiger partial charge in [0, 0.05) is 36.9 Å². The molecular weight excluding hydrogens is 486 g/mol. The van der Waals surface area contributed by atoms with Gasteiger partial charge in [-0.05, 0) is 43.0 Å². The van der Waals surface area contributed by atoms with E-state index in [1.54, 1.807) is 17.0 Å². The van der Waals surface area contributed by atoms with Crippen LogP contribution in [0.25, 0.3) is 0 Å². The van der Waals surface area contributed by atoms with Gasteiger partial charge in [-0.2, -0.15) is 0 Å². The third-order valence-electron chi connectivity index (χ3n) is 5.95. The van der Waals surface area contributed by atoms with Crippen molar-refractivity contribution in [3.05, 3.63) is 111 Å². The van der Waals surface area contributed by atoms with Crippen LogP contribution >= 0.6 is 11.8 Å². The SMILES string of the molecule is Cc1ccccc1CN(C(=O)CSCc1ccc([N+](=O)[O-])cc1)[C@H](Cc1ccccc1)C(=O)NC(C)C. The number of hydrogen-bond acceptors (Lipinski definition) is 5. The molecule has 194 valence electrons. The molecule has 1 atom stereocenters. The minimum absolute atomic E-state index is 0.0363. The second-order valence-corrected chi connectivity index (χ2v) is 10.2. The van der Waals surface area contributed by atoms with Gasteiger partial charge in [-0.1, -0.05) is 66.7 Å². The van der Waals surface area contributed by atoms with Gasteiger partial charge in [0.1, 0.15) is 6.04 Å². The number of benzene rings is 3. The quantitative estimate of drug-likeness (QED) is 0.259. The molecule has 0 aliphatic carbocycles. The highest BCUT2D eigenvalue weighted by Crippen LogP contribution is 2.21.